The van der Waals surface area contributed by atoms with E-state index >= 15 is 0 Å². The molecule has 0 heterocycles. The van der Waals surface area contributed by atoms with Crippen LogP contribution in [0.25, 0.3) is 4.91 Å². The van der Waals surface area contributed by atoms with E-state index in [1.165, 1.54) is 11.8 Å². The lowest BCUT2D eigenvalue weighted by atomic mass is 10.1. The van der Waals surface area contributed by atoms with Gasteiger partial charge < -0.3 is 16.4 Å². The first-order valence-electron chi connectivity index (χ1n) is 10.7. The Morgan fingerprint density at radius 3 is 2.03 bits per heavy atom. The molecule has 0 saturated heterocycles. The van der Waals surface area contributed by atoms with E-state index < -0.39 is 0 Å². The van der Waals surface area contributed by atoms with E-state index in [-0.39, 0.29) is 17.5 Å². The van der Waals surface area contributed by atoms with E-state index in [0.29, 0.717) is 28.6 Å². The zero-order chi connectivity index (χ0) is 23.5. The molecule has 0 aliphatic heterocycles. The number of benzene rings is 3. The lowest BCUT2D eigenvalue weighted by molar-refractivity contribution is -0.117. The van der Waals surface area contributed by atoms with Gasteiger partial charge in [-0.3, -0.25) is 9.59 Å². The van der Waals surface area contributed by atoms with Crippen LogP contribution in [0.3, 0.4) is 0 Å². The zero-order valence-corrected chi connectivity index (χ0v) is 19.7. The maximum Gasteiger partial charge on any atom is 0.269 e. The number of nitrogens with two attached hydrogens (primary N) is 1. The van der Waals surface area contributed by atoms with Crippen molar-refractivity contribution in [2.45, 2.75) is 17.7 Å². The molecule has 170 valence electrons. The van der Waals surface area contributed by atoms with Gasteiger partial charge in [0.15, 0.2) is 0 Å². The van der Waals surface area contributed by atoms with Crippen LogP contribution in [-0.4, -0.2) is 24.9 Å². The van der Waals surface area contributed by atoms with Crippen molar-refractivity contribution in [3.8, 4) is 0 Å². The van der Waals surface area contributed by atoms with Crippen LogP contribution in [0, 0.1) is 0 Å². The maximum absolute atomic E-state index is 13.3. The van der Waals surface area contributed by atoms with Gasteiger partial charge in [0.05, 0.1) is 0 Å². The van der Waals surface area contributed by atoms with Crippen molar-refractivity contribution in [1.29, 1.82) is 0 Å². The predicted octanol–water partition coefficient (Wildman–Crippen LogP) is 5.09. The summed E-state index contributed by atoms with van der Waals surface area (Å²) in [6.07, 6.45) is 1.56. The normalized spacial score (nSPS) is 11.5. The average molecular weight is 480 g/mol. The summed E-state index contributed by atoms with van der Waals surface area (Å²) in [5, 5.41) is 6.40. The van der Waals surface area contributed by atoms with Gasteiger partial charge in [-0.15, -0.1) is 0 Å². The minimum Gasteiger partial charge on any atom is -0.351 e. The monoisotopic (exact) mass is 479 g/mol. The molecule has 0 radical (unpaired) electrons. The van der Waals surface area contributed by atoms with Crippen LogP contribution in [0.5, 0.6) is 0 Å². The number of hydrogen-bond acceptors (Lipinski definition) is 4. The van der Waals surface area contributed by atoms with E-state index in [1.807, 2.05) is 48.5 Å². The molecular weight excluding hydrogens is 454 g/mol. The minimum atomic E-state index is -0.354. The topological polar surface area (TPSA) is 84.2 Å². The summed E-state index contributed by atoms with van der Waals surface area (Å²) in [5.41, 5.74) is 7.05. The second-order valence-electron chi connectivity index (χ2n) is 7.20. The fourth-order valence-electron chi connectivity index (χ4n) is 3.02. The number of carbonyl (C=O) groups excluding carboxylic acids is 2. The van der Waals surface area contributed by atoms with E-state index in [2.05, 4.69) is 10.6 Å². The second-order valence-corrected chi connectivity index (χ2v) is 8.72. The Bertz CT molecular complexity index is 1090. The number of rotatable bonds is 10. The third kappa shape index (κ3) is 7.49. The molecule has 0 atom stereocenters. The number of unbranched alkanes of at least 4 members (excludes halogenated alkanes) is 1. The summed E-state index contributed by atoms with van der Waals surface area (Å²) in [6.45, 7) is 1.03. The number of halogens is 1. The Hall–Kier alpha value is -3.06. The lowest BCUT2D eigenvalue weighted by Gasteiger charge is -2.17. The molecule has 0 spiro atoms. The number of thioether (sulfide) groups is 1. The van der Waals surface area contributed by atoms with Gasteiger partial charge in [-0.25, -0.2) is 0 Å². The molecule has 2 amide bonds. The summed E-state index contributed by atoms with van der Waals surface area (Å²) in [5.74, 6) is -0.704. The Kier molecular flexibility index (Phi) is 9.57. The van der Waals surface area contributed by atoms with Crippen molar-refractivity contribution >= 4 is 40.1 Å². The highest BCUT2D eigenvalue weighted by Crippen LogP contribution is 2.36. The maximum atomic E-state index is 13.3. The molecule has 0 aliphatic rings. The van der Waals surface area contributed by atoms with Gasteiger partial charge >= 0.3 is 0 Å². The third-order valence-electron chi connectivity index (χ3n) is 4.71. The third-order valence-corrected chi connectivity index (χ3v) is 6.12. The van der Waals surface area contributed by atoms with Crippen LogP contribution in [0.2, 0.25) is 5.02 Å². The molecular formula is C26H26ClN3O2S. The van der Waals surface area contributed by atoms with Crippen LogP contribution < -0.4 is 16.4 Å². The molecule has 33 heavy (non-hydrogen) atoms. The van der Waals surface area contributed by atoms with E-state index in [0.717, 1.165) is 23.3 Å². The molecule has 7 heteroatoms. The molecule has 3 aromatic rings. The van der Waals surface area contributed by atoms with E-state index in [9.17, 15) is 9.59 Å². The number of hydrogen-bond donors (Lipinski definition) is 3. The summed E-state index contributed by atoms with van der Waals surface area (Å²) in [7, 11) is 0. The first-order valence-corrected chi connectivity index (χ1v) is 11.9. The molecule has 0 aromatic heterocycles. The molecule has 4 N–H and O–H groups in total. The first-order chi connectivity index (χ1) is 16.1. The van der Waals surface area contributed by atoms with Gasteiger partial charge in [0, 0.05) is 26.9 Å². The Morgan fingerprint density at radius 1 is 0.818 bits per heavy atom. The minimum absolute atomic E-state index is 0.197. The molecule has 0 fully saturated rings. The van der Waals surface area contributed by atoms with Crippen LogP contribution in [0.1, 0.15) is 28.8 Å². The molecule has 0 aliphatic carbocycles. The van der Waals surface area contributed by atoms with Gasteiger partial charge in [-0.05, 0) is 61.3 Å². The summed E-state index contributed by atoms with van der Waals surface area (Å²) < 4.78 is 0. The molecule has 3 aromatic carbocycles. The molecule has 5 nitrogen and oxygen atoms in total. The molecule has 0 saturated carbocycles. The summed E-state index contributed by atoms with van der Waals surface area (Å²) in [6, 6.07) is 25.7. The molecule has 0 bridgehead atoms. The van der Waals surface area contributed by atoms with Crippen LogP contribution in [0.4, 0.5) is 0 Å². The Labute approximate surface area is 203 Å². The van der Waals surface area contributed by atoms with Crippen molar-refractivity contribution in [2.24, 2.45) is 5.73 Å². The smallest absolute Gasteiger partial charge is 0.269 e. The summed E-state index contributed by atoms with van der Waals surface area (Å²) >= 11 is 7.44. The quantitative estimate of drug-likeness (QED) is 0.215. The second kappa shape index (κ2) is 12.8. The highest BCUT2D eigenvalue weighted by molar-refractivity contribution is 8.08. The van der Waals surface area contributed by atoms with Gasteiger partial charge in [-0.2, -0.15) is 0 Å². The van der Waals surface area contributed by atoms with Crippen LogP contribution in [-0.2, 0) is 4.79 Å². The number of amides is 2. The Balaban J connectivity index is 2.02. The van der Waals surface area contributed by atoms with E-state index in [4.69, 9.17) is 17.3 Å². The Morgan fingerprint density at radius 2 is 1.42 bits per heavy atom. The lowest BCUT2D eigenvalue weighted by Crippen LogP contribution is -2.36. The first kappa shape index (κ1) is 24.6. The zero-order valence-electron chi connectivity index (χ0n) is 18.1. The highest BCUT2D eigenvalue weighted by Gasteiger charge is 2.21. The number of nitrogens with one attached hydrogen (secondary N) is 2. The van der Waals surface area contributed by atoms with Crippen molar-refractivity contribution in [2.75, 3.05) is 13.1 Å². The number of carbonyl (C=O) groups is 2. The van der Waals surface area contributed by atoms with Crippen molar-refractivity contribution in [3.05, 3.63) is 107 Å². The van der Waals surface area contributed by atoms with Crippen molar-refractivity contribution in [1.82, 2.24) is 10.6 Å². The highest BCUT2D eigenvalue weighted by atomic mass is 35.5. The van der Waals surface area contributed by atoms with Gasteiger partial charge in [-0.1, -0.05) is 71.9 Å². The SMILES string of the molecule is NCCCCNC(=O)/C(NC(=O)c1ccccc1)=C(/Sc1ccc(Cl)cc1)c1ccccc1. The fraction of sp³-hybridized carbons (Fsp3) is 0.154. The van der Waals surface area contributed by atoms with Gasteiger partial charge in [0.25, 0.3) is 11.8 Å². The largest absolute Gasteiger partial charge is 0.351 e. The van der Waals surface area contributed by atoms with Crippen LogP contribution in [0.15, 0.2) is 95.5 Å². The van der Waals surface area contributed by atoms with Crippen LogP contribution >= 0.6 is 23.4 Å². The van der Waals surface area contributed by atoms with Gasteiger partial charge in [0.1, 0.15) is 5.70 Å². The summed E-state index contributed by atoms with van der Waals surface area (Å²) in [4.78, 5) is 27.8. The standard InChI is InChI=1S/C26H26ClN3O2S/c27-21-13-15-22(16-14-21)33-24(19-9-3-1-4-10-19)23(26(32)29-18-8-7-17-28)30-25(31)20-11-5-2-6-12-20/h1-6,9-16H,7-8,17-18,28H2,(H,29,32)(H,30,31)/b24-23-. The fourth-order valence-corrected chi connectivity index (χ4v) is 4.15. The predicted molar refractivity (Wildman–Crippen MR) is 136 cm³/mol. The van der Waals surface area contributed by atoms with Crippen molar-refractivity contribution in [3.63, 3.8) is 0 Å². The molecule has 3 rings (SSSR count). The average Bonchev–Trinajstić information content (AvgIpc) is 2.86. The van der Waals surface area contributed by atoms with E-state index in [1.54, 1.807) is 36.4 Å². The molecule has 0 unspecified atom stereocenters. The van der Waals surface area contributed by atoms with Gasteiger partial charge in [0.2, 0.25) is 0 Å². The van der Waals surface area contributed by atoms with Crippen molar-refractivity contribution < 1.29 is 9.59 Å².